The van der Waals surface area contributed by atoms with Gasteiger partial charge in [-0.2, -0.15) is 5.10 Å². The fourth-order valence-electron chi connectivity index (χ4n) is 4.16. The largest absolute Gasteiger partial charge is 0.416 e. The molecule has 42 heavy (non-hydrogen) atoms. The Hall–Kier alpha value is -4.59. The highest BCUT2D eigenvalue weighted by Crippen LogP contribution is 2.36. The molecule has 10 heteroatoms. The molecule has 0 aliphatic carbocycles. The molecule has 0 radical (unpaired) electrons. The number of carbonyl (C=O) groups excluding carboxylic acids is 1. The van der Waals surface area contributed by atoms with Gasteiger partial charge in [-0.1, -0.05) is 38.8 Å². The Labute approximate surface area is 246 Å². The van der Waals surface area contributed by atoms with Crippen molar-refractivity contribution in [3.05, 3.63) is 84.6 Å². The van der Waals surface area contributed by atoms with Crippen LogP contribution in [0.3, 0.4) is 0 Å². The zero-order valence-electron chi connectivity index (χ0n) is 24.6. The molecule has 0 fully saturated rings. The van der Waals surface area contributed by atoms with Crippen LogP contribution in [0, 0.1) is 11.8 Å². The van der Waals surface area contributed by atoms with Gasteiger partial charge in [-0.05, 0) is 84.1 Å². The Morgan fingerprint density at radius 2 is 1.74 bits per heavy atom. The molecule has 0 saturated heterocycles. The Kier molecular flexibility index (Phi) is 8.33. The number of hydrogen-bond donors (Lipinski definition) is 2. The van der Waals surface area contributed by atoms with Crippen molar-refractivity contribution in [3.63, 3.8) is 0 Å². The Morgan fingerprint density at radius 3 is 2.52 bits per heavy atom. The number of amides is 1. The highest BCUT2D eigenvalue weighted by Gasteiger charge is 2.36. The van der Waals surface area contributed by atoms with Gasteiger partial charge in [-0.15, -0.1) is 0 Å². The van der Waals surface area contributed by atoms with Gasteiger partial charge in [0.05, 0.1) is 5.52 Å². The fourth-order valence-corrected chi connectivity index (χ4v) is 5.20. The summed E-state index contributed by atoms with van der Waals surface area (Å²) in [5, 5.41) is 11.3. The Balaban J connectivity index is 1.21. The lowest BCUT2D eigenvalue weighted by Crippen LogP contribution is -2.40. The smallest absolute Gasteiger partial charge is 0.300 e. The summed E-state index contributed by atoms with van der Waals surface area (Å²) >= 11 is 0. The molecule has 2 aromatic carbocycles. The SMILES string of the molecule is CC(C)(C)[Si](C)(C)OCCC#CC(=O)Nc1ccc2ncnc(Nc3ccc(Cc4ccn5ncnc5c4)cc3)c2c1. The zero-order valence-corrected chi connectivity index (χ0v) is 25.6. The third kappa shape index (κ3) is 7.00. The summed E-state index contributed by atoms with van der Waals surface area (Å²) < 4.78 is 7.88. The lowest BCUT2D eigenvalue weighted by atomic mass is 10.1. The van der Waals surface area contributed by atoms with Crippen LogP contribution in [-0.4, -0.2) is 45.4 Å². The molecule has 0 spiro atoms. The second-order valence-corrected chi connectivity index (χ2v) is 16.5. The molecule has 5 aromatic rings. The maximum Gasteiger partial charge on any atom is 0.300 e. The van der Waals surface area contributed by atoms with E-state index in [1.54, 1.807) is 10.8 Å². The van der Waals surface area contributed by atoms with E-state index in [1.165, 1.54) is 11.9 Å². The van der Waals surface area contributed by atoms with Crippen molar-refractivity contribution in [1.29, 1.82) is 0 Å². The first-order chi connectivity index (χ1) is 20.1. The van der Waals surface area contributed by atoms with Crippen LogP contribution in [0.4, 0.5) is 17.2 Å². The van der Waals surface area contributed by atoms with Crippen LogP contribution in [0.25, 0.3) is 16.6 Å². The van der Waals surface area contributed by atoms with Crippen LogP contribution in [0.2, 0.25) is 18.1 Å². The van der Waals surface area contributed by atoms with Crippen molar-refractivity contribution in [1.82, 2.24) is 24.6 Å². The van der Waals surface area contributed by atoms with Crippen LogP contribution in [-0.2, 0) is 15.6 Å². The molecule has 1 amide bonds. The molecule has 214 valence electrons. The highest BCUT2D eigenvalue weighted by molar-refractivity contribution is 6.74. The Morgan fingerprint density at radius 1 is 0.952 bits per heavy atom. The van der Waals surface area contributed by atoms with Crippen molar-refractivity contribution < 1.29 is 9.22 Å². The molecular formula is C32H35N7O2Si. The molecule has 0 aliphatic heterocycles. The number of hydrogen-bond acceptors (Lipinski definition) is 7. The predicted octanol–water partition coefficient (Wildman–Crippen LogP) is 6.36. The van der Waals surface area contributed by atoms with E-state index in [1.807, 2.05) is 48.7 Å². The maximum absolute atomic E-state index is 12.5. The number of fused-ring (bicyclic) bond motifs is 2. The van der Waals surface area contributed by atoms with E-state index in [-0.39, 0.29) is 10.9 Å². The first-order valence-electron chi connectivity index (χ1n) is 13.9. The van der Waals surface area contributed by atoms with Gasteiger partial charge in [-0.3, -0.25) is 4.79 Å². The number of anilines is 3. The quantitative estimate of drug-likeness (QED) is 0.126. The van der Waals surface area contributed by atoms with Crippen LogP contribution in [0.15, 0.2) is 73.4 Å². The molecule has 9 nitrogen and oxygen atoms in total. The van der Waals surface area contributed by atoms with E-state index >= 15 is 0 Å². The van der Waals surface area contributed by atoms with Crippen LogP contribution < -0.4 is 10.6 Å². The number of aromatic nitrogens is 5. The number of carbonyl (C=O) groups is 1. The minimum absolute atomic E-state index is 0.143. The van der Waals surface area contributed by atoms with E-state index < -0.39 is 8.32 Å². The lowest BCUT2D eigenvalue weighted by Gasteiger charge is -2.35. The van der Waals surface area contributed by atoms with Crippen LogP contribution in [0.1, 0.15) is 38.3 Å². The maximum atomic E-state index is 12.5. The molecular weight excluding hydrogens is 542 g/mol. The summed E-state index contributed by atoms with van der Waals surface area (Å²) in [4.78, 5) is 25.6. The van der Waals surface area contributed by atoms with E-state index in [0.29, 0.717) is 24.5 Å². The van der Waals surface area contributed by atoms with E-state index in [9.17, 15) is 4.79 Å². The van der Waals surface area contributed by atoms with E-state index in [0.717, 1.165) is 34.2 Å². The predicted molar refractivity (Wildman–Crippen MR) is 169 cm³/mol. The Bertz CT molecular complexity index is 1780. The standard InChI is InChI=1S/C32H35N7O2Si/c1-32(2,3)42(4,5)41-17-7-6-8-30(40)37-26-13-14-28-27(20-26)31(35-21-33-28)38-25-11-9-23(10-12-25)18-24-15-16-39-29(19-24)34-22-36-39/h9-16,19-22H,7,17-18H2,1-5H3,(H,37,40)(H,33,35,38). The molecule has 0 bridgehead atoms. The molecule has 0 aliphatic rings. The first-order valence-corrected chi connectivity index (χ1v) is 16.8. The third-order valence-corrected chi connectivity index (χ3v) is 12.1. The van der Waals surface area contributed by atoms with Gasteiger partial charge in [0.15, 0.2) is 14.0 Å². The minimum Gasteiger partial charge on any atom is -0.416 e. The summed E-state index contributed by atoms with van der Waals surface area (Å²) in [5.74, 6) is 5.88. The number of nitrogens with zero attached hydrogens (tertiary/aromatic N) is 5. The second kappa shape index (κ2) is 12.1. The zero-order chi connectivity index (χ0) is 29.7. The summed E-state index contributed by atoms with van der Waals surface area (Å²) in [7, 11) is -1.82. The molecule has 0 unspecified atom stereocenters. The number of pyridine rings is 1. The topological polar surface area (TPSA) is 106 Å². The van der Waals surface area contributed by atoms with Gasteiger partial charge in [-0.25, -0.2) is 19.5 Å². The van der Waals surface area contributed by atoms with Crippen LogP contribution >= 0.6 is 0 Å². The lowest BCUT2D eigenvalue weighted by molar-refractivity contribution is -0.111. The molecule has 3 heterocycles. The van der Waals surface area contributed by atoms with E-state index in [2.05, 4.69) is 88.5 Å². The van der Waals surface area contributed by atoms with Gasteiger partial charge < -0.3 is 15.1 Å². The highest BCUT2D eigenvalue weighted by atomic mass is 28.4. The van der Waals surface area contributed by atoms with Gasteiger partial charge in [0.2, 0.25) is 0 Å². The van der Waals surface area contributed by atoms with Crippen molar-refractivity contribution in [2.24, 2.45) is 0 Å². The van der Waals surface area contributed by atoms with Crippen molar-refractivity contribution in [3.8, 4) is 11.8 Å². The van der Waals surface area contributed by atoms with Gasteiger partial charge in [0.25, 0.3) is 5.91 Å². The summed E-state index contributed by atoms with van der Waals surface area (Å²) in [6.45, 7) is 11.5. The van der Waals surface area contributed by atoms with E-state index in [4.69, 9.17) is 4.43 Å². The fraction of sp³-hybridized carbons (Fsp3) is 0.281. The summed E-state index contributed by atoms with van der Waals surface area (Å²) in [6, 6.07) is 17.8. The van der Waals surface area contributed by atoms with Crippen LogP contribution in [0.5, 0.6) is 0 Å². The minimum atomic E-state index is -1.82. The molecule has 0 saturated carbocycles. The average Bonchev–Trinajstić information content (AvgIpc) is 3.42. The van der Waals surface area contributed by atoms with Crippen molar-refractivity contribution >= 4 is 48.0 Å². The monoisotopic (exact) mass is 577 g/mol. The third-order valence-electron chi connectivity index (χ3n) is 7.56. The van der Waals surface area contributed by atoms with Crippen molar-refractivity contribution in [2.45, 2.75) is 51.7 Å². The average molecular weight is 578 g/mol. The molecule has 5 rings (SSSR count). The second-order valence-electron chi connectivity index (χ2n) is 11.7. The molecule has 3 aromatic heterocycles. The van der Waals surface area contributed by atoms with Crippen molar-refractivity contribution in [2.75, 3.05) is 17.2 Å². The molecule has 2 N–H and O–H groups in total. The number of rotatable bonds is 8. The van der Waals surface area contributed by atoms with Gasteiger partial charge in [0, 0.05) is 36.0 Å². The summed E-state index contributed by atoms with van der Waals surface area (Å²) in [6.07, 6.45) is 6.29. The molecule has 0 atom stereocenters. The first kappa shape index (κ1) is 28.9. The summed E-state index contributed by atoms with van der Waals surface area (Å²) in [5.41, 5.74) is 5.45. The number of nitrogens with one attached hydrogen (secondary N) is 2. The number of benzene rings is 2. The normalized spacial score (nSPS) is 11.7. The van der Waals surface area contributed by atoms with Gasteiger partial charge in [0.1, 0.15) is 18.5 Å². The van der Waals surface area contributed by atoms with Gasteiger partial charge >= 0.3 is 0 Å².